The van der Waals surface area contributed by atoms with Crippen LogP contribution in [-0.4, -0.2) is 56.5 Å². The van der Waals surface area contributed by atoms with Gasteiger partial charge in [-0.05, 0) is 43.7 Å². The lowest BCUT2D eigenvalue weighted by atomic mass is 10.1. The molecule has 29 heavy (non-hydrogen) atoms. The lowest BCUT2D eigenvalue weighted by Crippen LogP contribution is -2.41. The van der Waals surface area contributed by atoms with E-state index < -0.39 is 28.0 Å². The highest BCUT2D eigenvalue weighted by Gasteiger charge is 2.32. The van der Waals surface area contributed by atoms with Crippen molar-refractivity contribution in [1.82, 2.24) is 4.90 Å². The smallest absolute Gasteiger partial charge is 0.342 e. The van der Waals surface area contributed by atoms with E-state index in [-0.39, 0.29) is 23.7 Å². The van der Waals surface area contributed by atoms with Gasteiger partial charge < -0.3 is 19.7 Å². The SMILES string of the molecule is COc1ccc(C)cc1NC(=O)[C@H](C)OC(=O)C1=CC=CN2CCS(=O)(=O)N=C12. The predicted octanol–water partition coefficient (Wildman–Crippen LogP) is 1.37. The average molecular weight is 419 g/mol. The molecule has 0 aliphatic carbocycles. The lowest BCUT2D eigenvalue weighted by Gasteiger charge is -2.28. The molecule has 0 saturated carbocycles. The van der Waals surface area contributed by atoms with Gasteiger partial charge in [0.25, 0.3) is 15.9 Å². The first-order valence-corrected chi connectivity index (χ1v) is 10.5. The monoisotopic (exact) mass is 419 g/mol. The fourth-order valence-electron chi connectivity index (χ4n) is 2.81. The topological polar surface area (TPSA) is 114 Å². The number of methoxy groups -OCH3 is 1. The standard InChI is InChI=1S/C19H21N3O6S/c1-12-6-7-16(27-3)15(11-12)20-18(23)13(2)28-19(24)14-5-4-8-22-9-10-29(25,26)21-17(14)22/h4-8,11,13H,9-10H2,1-3H3,(H,20,23)/t13-/m0/s1. The molecule has 1 amide bonds. The molecule has 154 valence electrons. The molecule has 10 heteroatoms. The summed E-state index contributed by atoms with van der Waals surface area (Å²) in [5, 5.41) is 2.67. The molecule has 1 atom stereocenters. The summed E-state index contributed by atoms with van der Waals surface area (Å²) in [5.41, 5.74) is 1.35. The zero-order valence-corrected chi connectivity index (χ0v) is 17.0. The van der Waals surface area contributed by atoms with Crippen LogP contribution in [0.2, 0.25) is 0 Å². The molecule has 9 nitrogen and oxygen atoms in total. The molecule has 0 fully saturated rings. The van der Waals surface area contributed by atoms with Crippen molar-refractivity contribution in [3.05, 3.63) is 47.7 Å². The van der Waals surface area contributed by atoms with Gasteiger partial charge >= 0.3 is 5.97 Å². The number of hydrogen-bond acceptors (Lipinski definition) is 7. The number of aryl methyl sites for hydroxylation is 1. The van der Waals surface area contributed by atoms with E-state index in [1.54, 1.807) is 29.3 Å². The van der Waals surface area contributed by atoms with Crippen LogP contribution in [0.3, 0.4) is 0 Å². The third-order valence-corrected chi connectivity index (χ3v) is 5.49. The maximum Gasteiger partial charge on any atom is 0.342 e. The van der Waals surface area contributed by atoms with Crippen LogP contribution in [0.1, 0.15) is 12.5 Å². The third-order valence-electron chi connectivity index (χ3n) is 4.34. The summed E-state index contributed by atoms with van der Waals surface area (Å²) < 4.78 is 37.7. The molecule has 1 aromatic carbocycles. The van der Waals surface area contributed by atoms with Crippen LogP contribution in [0, 0.1) is 6.92 Å². The summed E-state index contributed by atoms with van der Waals surface area (Å²) in [7, 11) is -2.16. The van der Waals surface area contributed by atoms with Crippen molar-refractivity contribution in [2.45, 2.75) is 20.0 Å². The minimum atomic E-state index is -3.65. The number of allylic oxidation sites excluding steroid dienone is 2. The minimum Gasteiger partial charge on any atom is -0.495 e. The Morgan fingerprint density at radius 3 is 2.79 bits per heavy atom. The van der Waals surface area contributed by atoms with Crippen molar-refractivity contribution in [2.75, 3.05) is 24.7 Å². The number of nitrogens with one attached hydrogen (secondary N) is 1. The first-order chi connectivity index (χ1) is 13.7. The number of benzene rings is 1. The van der Waals surface area contributed by atoms with Gasteiger partial charge in [-0.25, -0.2) is 13.2 Å². The van der Waals surface area contributed by atoms with E-state index in [4.69, 9.17) is 9.47 Å². The molecule has 0 unspecified atom stereocenters. The quantitative estimate of drug-likeness (QED) is 0.717. The number of amides is 1. The third kappa shape index (κ3) is 4.65. The average Bonchev–Trinajstić information content (AvgIpc) is 2.66. The van der Waals surface area contributed by atoms with Crippen molar-refractivity contribution in [1.29, 1.82) is 0 Å². The number of esters is 1. The maximum absolute atomic E-state index is 12.6. The zero-order chi connectivity index (χ0) is 21.2. The Hall–Kier alpha value is -3.14. The molecule has 0 bridgehead atoms. The van der Waals surface area contributed by atoms with Crippen LogP contribution in [-0.2, 0) is 24.3 Å². The minimum absolute atomic E-state index is 0.00304. The molecule has 0 aromatic heterocycles. The van der Waals surface area contributed by atoms with Crippen molar-refractivity contribution in [3.8, 4) is 5.75 Å². The molecular formula is C19H21N3O6S. The Labute approximate surface area is 168 Å². The van der Waals surface area contributed by atoms with Crippen LogP contribution in [0.25, 0.3) is 0 Å². The Balaban J connectivity index is 1.73. The van der Waals surface area contributed by atoms with E-state index in [0.717, 1.165) is 5.56 Å². The van der Waals surface area contributed by atoms with Gasteiger partial charge in [0, 0.05) is 12.7 Å². The Kier molecular flexibility index (Phi) is 5.73. The molecular weight excluding hydrogens is 398 g/mol. The normalized spacial score (nSPS) is 18.1. The molecule has 0 radical (unpaired) electrons. The second-order valence-corrected chi connectivity index (χ2v) is 8.31. The molecule has 0 saturated heterocycles. The fourth-order valence-corrected chi connectivity index (χ4v) is 3.79. The van der Waals surface area contributed by atoms with E-state index in [1.807, 2.05) is 13.0 Å². The first kappa shape index (κ1) is 20.6. The van der Waals surface area contributed by atoms with Crippen LogP contribution in [0.5, 0.6) is 5.75 Å². The zero-order valence-electron chi connectivity index (χ0n) is 16.2. The molecule has 1 aromatic rings. The van der Waals surface area contributed by atoms with Crippen molar-refractivity contribution < 1.29 is 27.5 Å². The van der Waals surface area contributed by atoms with Crippen LogP contribution in [0.4, 0.5) is 5.69 Å². The number of anilines is 1. The van der Waals surface area contributed by atoms with E-state index in [0.29, 0.717) is 11.4 Å². The first-order valence-electron chi connectivity index (χ1n) is 8.85. The molecule has 2 aliphatic rings. The Bertz CT molecular complexity index is 1040. The number of amidine groups is 1. The summed E-state index contributed by atoms with van der Waals surface area (Å²) in [6, 6.07) is 5.29. The molecule has 0 spiro atoms. The van der Waals surface area contributed by atoms with E-state index in [2.05, 4.69) is 9.71 Å². The van der Waals surface area contributed by atoms with Gasteiger partial charge in [-0.1, -0.05) is 6.07 Å². The summed E-state index contributed by atoms with van der Waals surface area (Å²) in [4.78, 5) is 26.6. The van der Waals surface area contributed by atoms with Crippen LogP contribution in [0.15, 0.2) is 46.5 Å². The van der Waals surface area contributed by atoms with Gasteiger partial charge in [-0.15, -0.1) is 4.40 Å². The van der Waals surface area contributed by atoms with Crippen molar-refractivity contribution in [2.24, 2.45) is 4.40 Å². The second kappa shape index (κ2) is 8.08. The second-order valence-electron chi connectivity index (χ2n) is 6.56. The fraction of sp³-hybridized carbons (Fsp3) is 0.316. The molecule has 3 rings (SSSR count). The van der Waals surface area contributed by atoms with Gasteiger partial charge in [-0.3, -0.25) is 4.79 Å². The number of rotatable bonds is 5. The molecule has 2 aliphatic heterocycles. The summed E-state index contributed by atoms with van der Waals surface area (Å²) in [6.07, 6.45) is 3.50. The Morgan fingerprint density at radius 1 is 1.31 bits per heavy atom. The van der Waals surface area contributed by atoms with Crippen molar-refractivity contribution in [3.63, 3.8) is 0 Å². The highest BCUT2D eigenvalue weighted by atomic mass is 32.2. The predicted molar refractivity (Wildman–Crippen MR) is 107 cm³/mol. The van der Waals surface area contributed by atoms with Gasteiger partial charge in [-0.2, -0.15) is 0 Å². The number of hydrogen-bond donors (Lipinski definition) is 1. The highest BCUT2D eigenvalue weighted by molar-refractivity contribution is 7.90. The number of fused-ring (bicyclic) bond motifs is 1. The Morgan fingerprint density at radius 2 is 2.07 bits per heavy atom. The molecule has 1 N–H and O–H groups in total. The summed E-state index contributed by atoms with van der Waals surface area (Å²) in [5.74, 6) is -1.06. The van der Waals surface area contributed by atoms with Gasteiger partial charge in [0.1, 0.15) is 11.3 Å². The maximum atomic E-state index is 12.6. The van der Waals surface area contributed by atoms with Crippen LogP contribution < -0.4 is 10.1 Å². The highest BCUT2D eigenvalue weighted by Crippen LogP contribution is 2.25. The summed E-state index contributed by atoms with van der Waals surface area (Å²) in [6.45, 7) is 3.48. The molecule has 2 heterocycles. The number of carbonyl (C=O) groups is 2. The van der Waals surface area contributed by atoms with E-state index in [1.165, 1.54) is 20.1 Å². The number of carbonyl (C=O) groups excluding carboxylic acids is 2. The number of ether oxygens (including phenoxy) is 2. The van der Waals surface area contributed by atoms with Gasteiger partial charge in [0.2, 0.25) is 0 Å². The van der Waals surface area contributed by atoms with Crippen LogP contribution >= 0.6 is 0 Å². The largest absolute Gasteiger partial charge is 0.495 e. The van der Waals surface area contributed by atoms with E-state index >= 15 is 0 Å². The van der Waals surface area contributed by atoms with Gasteiger partial charge in [0.15, 0.2) is 11.9 Å². The summed E-state index contributed by atoms with van der Waals surface area (Å²) >= 11 is 0. The van der Waals surface area contributed by atoms with Crippen molar-refractivity contribution >= 4 is 33.4 Å². The van der Waals surface area contributed by atoms with E-state index in [9.17, 15) is 18.0 Å². The number of nitrogens with zero attached hydrogens (tertiary/aromatic N) is 2. The lowest BCUT2D eigenvalue weighted by molar-refractivity contribution is -0.148. The van der Waals surface area contributed by atoms with Gasteiger partial charge in [0.05, 0.1) is 18.6 Å². The number of sulfonamides is 1.